The average molecular weight is 162 g/mol. The Balaban J connectivity index is 3.18. The molecule has 0 saturated heterocycles. The van der Waals surface area contributed by atoms with Crippen molar-refractivity contribution in [2.45, 2.75) is 4.90 Å². The fourth-order valence-electron chi connectivity index (χ4n) is 0.860. The van der Waals surface area contributed by atoms with Crippen molar-refractivity contribution in [3.05, 3.63) is 42.5 Å². The largest absolute Gasteiger partial charge is 0.143 e. The summed E-state index contributed by atoms with van der Waals surface area (Å²) in [6, 6.07) is 5.93. The molecular weight excluding hydrogens is 152 g/mol. The second kappa shape index (κ2) is 3.44. The van der Waals surface area contributed by atoms with E-state index in [-0.39, 0.29) is 0 Å². The maximum atomic E-state index is 4.28. The van der Waals surface area contributed by atoms with Crippen LogP contribution < -0.4 is 0 Å². The molecule has 1 heteroatoms. The zero-order valence-corrected chi connectivity index (χ0v) is 7.14. The number of hydrogen-bond donors (Lipinski definition) is 1. The fourth-order valence-corrected chi connectivity index (χ4v) is 1.18. The SMILES string of the molecule is C=Cc1ccc(C=C)c(S)c1. The van der Waals surface area contributed by atoms with Crippen LogP contribution in [0.15, 0.2) is 36.3 Å². The number of rotatable bonds is 2. The summed E-state index contributed by atoms with van der Waals surface area (Å²) >= 11 is 4.28. The lowest BCUT2D eigenvalue weighted by molar-refractivity contribution is 1.42. The third-order valence-corrected chi connectivity index (χ3v) is 1.90. The molecule has 1 rings (SSSR count). The zero-order valence-electron chi connectivity index (χ0n) is 6.25. The van der Waals surface area contributed by atoms with Gasteiger partial charge in [-0.05, 0) is 17.2 Å². The molecule has 0 aliphatic carbocycles. The van der Waals surface area contributed by atoms with Crippen LogP contribution in [0.4, 0.5) is 0 Å². The molecule has 0 bridgehead atoms. The van der Waals surface area contributed by atoms with Crippen molar-refractivity contribution >= 4 is 24.8 Å². The quantitative estimate of drug-likeness (QED) is 0.634. The molecule has 0 nitrogen and oxygen atoms in total. The molecule has 0 radical (unpaired) electrons. The Morgan fingerprint density at radius 3 is 2.36 bits per heavy atom. The first kappa shape index (κ1) is 8.15. The summed E-state index contributed by atoms with van der Waals surface area (Å²) in [5.41, 5.74) is 2.14. The molecule has 0 fully saturated rings. The average Bonchev–Trinajstić information content (AvgIpc) is 2.04. The molecule has 0 amide bonds. The smallest absolute Gasteiger partial charge is 0.0118 e. The van der Waals surface area contributed by atoms with Crippen LogP contribution in [0.2, 0.25) is 0 Å². The van der Waals surface area contributed by atoms with Crippen LogP contribution in [0.3, 0.4) is 0 Å². The number of thiol groups is 1. The molecule has 0 N–H and O–H groups in total. The van der Waals surface area contributed by atoms with Gasteiger partial charge in [-0.3, -0.25) is 0 Å². The molecule has 56 valence electrons. The minimum atomic E-state index is 0.942. The second-order valence-corrected chi connectivity index (χ2v) is 2.71. The lowest BCUT2D eigenvalue weighted by Crippen LogP contribution is -1.77. The summed E-state index contributed by atoms with van der Waals surface area (Å²) in [5, 5.41) is 0. The molecule has 0 unspecified atom stereocenters. The van der Waals surface area contributed by atoms with Gasteiger partial charge in [-0.15, -0.1) is 12.6 Å². The highest BCUT2D eigenvalue weighted by atomic mass is 32.1. The third kappa shape index (κ3) is 1.75. The van der Waals surface area contributed by atoms with Gasteiger partial charge >= 0.3 is 0 Å². The Hall–Kier alpha value is -0.950. The summed E-state index contributed by atoms with van der Waals surface area (Å²) in [4.78, 5) is 0.942. The minimum absolute atomic E-state index is 0.942. The first-order valence-electron chi connectivity index (χ1n) is 3.36. The Morgan fingerprint density at radius 2 is 1.91 bits per heavy atom. The number of hydrogen-bond acceptors (Lipinski definition) is 1. The third-order valence-electron chi connectivity index (χ3n) is 1.51. The lowest BCUT2D eigenvalue weighted by Gasteiger charge is -1.99. The second-order valence-electron chi connectivity index (χ2n) is 2.23. The molecule has 0 atom stereocenters. The molecule has 0 saturated carbocycles. The van der Waals surface area contributed by atoms with Gasteiger partial charge in [0.05, 0.1) is 0 Å². The highest BCUT2D eigenvalue weighted by molar-refractivity contribution is 7.80. The van der Waals surface area contributed by atoms with E-state index < -0.39 is 0 Å². The predicted octanol–water partition coefficient (Wildman–Crippen LogP) is 3.26. The van der Waals surface area contributed by atoms with Gasteiger partial charge in [-0.25, -0.2) is 0 Å². The highest BCUT2D eigenvalue weighted by Crippen LogP contribution is 2.17. The topological polar surface area (TPSA) is 0 Å². The Bertz CT molecular complexity index is 287. The maximum Gasteiger partial charge on any atom is 0.0118 e. The van der Waals surface area contributed by atoms with Gasteiger partial charge in [0.2, 0.25) is 0 Å². The normalized spacial score (nSPS) is 9.18. The first-order valence-corrected chi connectivity index (χ1v) is 3.80. The lowest BCUT2D eigenvalue weighted by atomic mass is 10.1. The monoisotopic (exact) mass is 162 g/mol. The van der Waals surface area contributed by atoms with Crippen LogP contribution in [0, 0.1) is 0 Å². The van der Waals surface area contributed by atoms with Crippen LogP contribution in [-0.2, 0) is 0 Å². The minimum Gasteiger partial charge on any atom is -0.143 e. The summed E-state index contributed by atoms with van der Waals surface area (Å²) in [6.45, 7) is 7.34. The van der Waals surface area contributed by atoms with E-state index in [0.29, 0.717) is 0 Å². The van der Waals surface area contributed by atoms with Gasteiger partial charge in [0.15, 0.2) is 0 Å². The first-order chi connectivity index (χ1) is 5.27. The molecule has 0 aliphatic heterocycles. The van der Waals surface area contributed by atoms with Crippen molar-refractivity contribution in [2.24, 2.45) is 0 Å². The van der Waals surface area contributed by atoms with Crippen LogP contribution in [-0.4, -0.2) is 0 Å². The molecule has 0 heterocycles. The molecular formula is C10H10S. The van der Waals surface area contributed by atoms with E-state index in [1.54, 1.807) is 12.2 Å². The van der Waals surface area contributed by atoms with Crippen molar-refractivity contribution in [2.75, 3.05) is 0 Å². The van der Waals surface area contributed by atoms with E-state index in [9.17, 15) is 0 Å². The Labute approximate surface area is 72.7 Å². The number of benzene rings is 1. The predicted molar refractivity (Wildman–Crippen MR) is 53.9 cm³/mol. The molecule has 1 aromatic rings. The van der Waals surface area contributed by atoms with Crippen molar-refractivity contribution in [3.8, 4) is 0 Å². The van der Waals surface area contributed by atoms with E-state index in [4.69, 9.17) is 0 Å². The van der Waals surface area contributed by atoms with Crippen molar-refractivity contribution in [1.82, 2.24) is 0 Å². The maximum absolute atomic E-state index is 4.28. The Morgan fingerprint density at radius 1 is 1.18 bits per heavy atom. The van der Waals surface area contributed by atoms with Crippen molar-refractivity contribution in [3.63, 3.8) is 0 Å². The molecule has 0 aliphatic rings. The van der Waals surface area contributed by atoms with E-state index in [1.165, 1.54) is 0 Å². The van der Waals surface area contributed by atoms with Gasteiger partial charge in [0, 0.05) is 4.90 Å². The Kier molecular flexibility index (Phi) is 2.55. The van der Waals surface area contributed by atoms with Gasteiger partial charge in [-0.2, -0.15) is 0 Å². The van der Waals surface area contributed by atoms with Crippen LogP contribution >= 0.6 is 12.6 Å². The van der Waals surface area contributed by atoms with Gasteiger partial charge < -0.3 is 0 Å². The standard InChI is InChI=1S/C10H10S/c1-3-8-5-6-9(4-2)10(11)7-8/h3-7,11H,1-2H2. The van der Waals surface area contributed by atoms with Crippen molar-refractivity contribution in [1.29, 1.82) is 0 Å². The van der Waals surface area contributed by atoms with Gasteiger partial charge in [-0.1, -0.05) is 37.4 Å². The van der Waals surface area contributed by atoms with Gasteiger partial charge in [0.25, 0.3) is 0 Å². The van der Waals surface area contributed by atoms with E-state index in [0.717, 1.165) is 16.0 Å². The summed E-state index contributed by atoms with van der Waals surface area (Å²) in [6.07, 6.45) is 3.59. The highest BCUT2D eigenvalue weighted by Gasteiger charge is 1.93. The van der Waals surface area contributed by atoms with Gasteiger partial charge in [0.1, 0.15) is 0 Å². The van der Waals surface area contributed by atoms with Crippen molar-refractivity contribution < 1.29 is 0 Å². The van der Waals surface area contributed by atoms with E-state index >= 15 is 0 Å². The molecule has 11 heavy (non-hydrogen) atoms. The molecule has 0 spiro atoms. The van der Waals surface area contributed by atoms with Crippen LogP contribution in [0.1, 0.15) is 11.1 Å². The van der Waals surface area contributed by atoms with E-state index in [2.05, 4.69) is 25.8 Å². The van der Waals surface area contributed by atoms with Crippen LogP contribution in [0.25, 0.3) is 12.2 Å². The summed E-state index contributed by atoms with van der Waals surface area (Å²) < 4.78 is 0. The summed E-state index contributed by atoms with van der Waals surface area (Å²) in [7, 11) is 0. The zero-order chi connectivity index (χ0) is 8.27. The molecule has 0 aromatic heterocycles. The molecule has 1 aromatic carbocycles. The van der Waals surface area contributed by atoms with E-state index in [1.807, 2.05) is 18.2 Å². The van der Waals surface area contributed by atoms with Crippen LogP contribution in [0.5, 0.6) is 0 Å². The fraction of sp³-hybridized carbons (Fsp3) is 0. The summed E-state index contributed by atoms with van der Waals surface area (Å²) in [5.74, 6) is 0.